The van der Waals surface area contributed by atoms with Gasteiger partial charge in [0.05, 0.1) is 24.4 Å². The topological polar surface area (TPSA) is 42.3 Å². The lowest BCUT2D eigenvalue weighted by atomic mass is 10.0. The zero-order valence-electron chi connectivity index (χ0n) is 15.4. The summed E-state index contributed by atoms with van der Waals surface area (Å²) in [6, 6.07) is 18.4. The lowest BCUT2D eigenvalue weighted by molar-refractivity contribution is 0.340. The monoisotopic (exact) mass is 378 g/mol. The van der Waals surface area contributed by atoms with E-state index in [0.29, 0.717) is 6.61 Å². The summed E-state index contributed by atoms with van der Waals surface area (Å²) >= 11 is 5.54. The minimum Gasteiger partial charge on any atom is -0.494 e. The fourth-order valence-corrected chi connectivity index (χ4v) is 3.81. The molecule has 2 aromatic heterocycles. The van der Waals surface area contributed by atoms with E-state index >= 15 is 0 Å². The zero-order valence-corrected chi connectivity index (χ0v) is 16.2. The van der Waals surface area contributed by atoms with Crippen LogP contribution >= 0.6 is 12.2 Å². The summed E-state index contributed by atoms with van der Waals surface area (Å²) in [5, 5.41) is 4.16. The van der Waals surface area contributed by atoms with Gasteiger partial charge < -0.3 is 19.5 Å². The standard InChI is InChI=1S/C21H22N4OS/c1-3-26-16-11-9-15(10-12-16)25-14-6-8-18(25)20-19(23-21(27)24(20)2)17-7-4-5-13-22-17/h4-14,19-20H,3H2,1-2H3,(H,23,27). The Morgan fingerprint density at radius 3 is 2.63 bits per heavy atom. The van der Waals surface area contributed by atoms with Crippen LogP contribution in [-0.2, 0) is 0 Å². The maximum Gasteiger partial charge on any atom is 0.169 e. The first-order valence-corrected chi connectivity index (χ1v) is 9.44. The van der Waals surface area contributed by atoms with E-state index in [0.717, 1.165) is 27.9 Å². The van der Waals surface area contributed by atoms with Crippen LogP contribution in [0.2, 0.25) is 0 Å². The van der Waals surface area contributed by atoms with Crippen molar-refractivity contribution in [1.82, 2.24) is 19.8 Å². The quantitative estimate of drug-likeness (QED) is 0.683. The molecule has 1 aromatic carbocycles. The number of aromatic nitrogens is 2. The number of thiocarbonyl (C=S) groups is 1. The second-order valence-electron chi connectivity index (χ2n) is 6.47. The number of nitrogens with zero attached hydrogens (tertiary/aromatic N) is 3. The second kappa shape index (κ2) is 7.40. The molecule has 27 heavy (non-hydrogen) atoms. The van der Waals surface area contributed by atoms with Crippen molar-refractivity contribution in [2.24, 2.45) is 0 Å². The highest BCUT2D eigenvalue weighted by Crippen LogP contribution is 2.38. The Hall–Kier alpha value is -2.86. The van der Waals surface area contributed by atoms with Crippen LogP contribution in [0, 0.1) is 0 Å². The van der Waals surface area contributed by atoms with Crippen LogP contribution in [0.25, 0.3) is 5.69 Å². The molecule has 2 unspecified atom stereocenters. The van der Waals surface area contributed by atoms with Gasteiger partial charge in [0.2, 0.25) is 0 Å². The highest BCUT2D eigenvalue weighted by Gasteiger charge is 2.39. The molecule has 5 nitrogen and oxygen atoms in total. The lowest BCUT2D eigenvalue weighted by Crippen LogP contribution is -2.25. The van der Waals surface area contributed by atoms with Crippen molar-refractivity contribution in [1.29, 1.82) is 0 Å². The molecule has 3 aromatic rings. The van der Waals surface area contributed by atoms with Crippen LogP contribution in [-0.4, -0.2) is 33.2 Å². The van der Waals surface area contributed by atoms with Crippen LogP contribution in [0.4, 0.5) is 0 Å². The fraction of sp³-hybridized carbons (Fsp3) is 0.238. The first-order valence-electron chi connectivity index (χ1n) is 9.04. The number of hydrogen-bond acceptors (Lipinski definition) is 3. The summed E-state index contributed by atoms with van der Waals surface area (Å²) < 4.78 is 7.76. The van der Waals surface area contributed by atoms with E-state index in [-0.39, 0.29) is 12.1 Å². The molecule has 0 spiro atoms. The van der Waals surface area contributed by atoms with Crippen LogP contribution in [0.1, 0.15) is 30.4 Å². The van der Waals surface area contributed by atoms with E-state index in [9.17, 15) is 0 Å². The molecule has 1 aliphatic heterocycles. The van der Waals surface area contributed by atoms with Gasteiger partial charge in [0.25, 0.3) is 0 Å². The van der Waals surface area contributed by atoms with Crippen molar-refractivity contribution in [3.8, 4) is 11.4 Å². The van der Waals surface area contributed by atoms with E-state index in [1.807, 2.05) is 50.5 Å². The molecular formula is C21H22N4OS. The minimum absolute atomic E-state index is 0.0000444. The number of nitrogens with one attached hydrogen (secondary N) is 1. The molecular weight excluding hydrogens is 356 g/mol. The number of hydrogen-bond donors (Lipinski definition) is 1. The number of ether oxygens (including phenoxy) is 1. The summed E-state index contributed by atoms with van der Waals surface area (Å²) in [4.78, 5) is 6.66. The third-order valence-corrected chi connectivity index (χ3v) is 5.25. The van der Waals surface area contributed by atoms with E-state index in [1.54, 1.807) is 0 Å². The van der Waals surface area contributed by atoms with Crippen LogP contribution < -0.4 is 10.1 Å². The third-order valence-electron chi connectivity index (χ3n) is 4.85. The van der Waals surface area contributed by atoms with Gasteiger partial charge >= 0.3 is 0 Å². The van der Waals surface area contributed by atoms with Gasteiger partial charge in [-0.2, -0.15) is 0 Å². The van der Waals surface area contributed by atoms with Crippen molar-refractivity contribution < 1.29 is 4.74 Å². The molecule has 1 fully saturated rings. The molecule has 0 radical (unpaired) electrons. The Balaban J connectivity index is 1.72. The predicted molar refractivity (Wildman–Crippen MR) is 110 cm³/mol. The first kappa shape index (κ1) is 17.5. The molecule has 1 N–H and O–H groups in total. The van der Waals surface area contributed by atoms with Gasteiger partial charge in [-0.15, -0.1) is 0 Å². The summed E-state index contributed by atoms with van der Waals surface area (Å²) in [6.45, 7) is 2.65. The zero-order chi connectivity index (χ0) is 18.8. The molecule has 0 bridgehead atoms. The molecule has 0 aliphatic carbocycles. The highest BCUT2D eigenvalue weighted by molar-refractivity contribution is 7.80. The molecule has 138 valence electrons. The summed E-state index contributed by atoms with van der Waals surface area (Å²) in [5.41, 5.74) is 3.22. The molecule has 0 amide bonds. The van der Waals surface area contributed by atoms with Crippen molar-refractivity contribution in [3.63, 3.8) is 0 Å². The average molecular weight is 379 g/mol. The van der Waals surface area contributed by atoms with E-state index in [4.69, 9.17) is 17.0 Å². The Bertz CT molecular complexity index is 923. The first-order chi connectivity index (χ1) is 13.2. The van der Waals surface area contributed by atoms with Gasteiger partial charge in [-0.05, 0) is 67.7 Å². The summed E-state index contributed by atoms with van der Waals surface area (Å²) in [7, 11) is 2.03. The Labute approximate surface area is 164 Å². The Morgan fingerprint density at radius 1 is 1.11 bits per heavy atom. The third kappa shape index (κ3) is 3.28. The Morgan fingerprint density at radius 2 is 1.93 bits per heavy atom. The highest BCUT2D eigenvalue weighted by atomic mass is 32.1. The number of likely N-dealkylation sites (N-methyl/N-ethyl adjacent to an activating group) is 1. The smallest absolute Gasteiger partial charge is 0.169 e. The van der Waals surface area contributed by atoms with Crippen LogP contribution in [0.5, 0.6) is 5.75 Å². The maximum absolute atomic E-state index is 5.56. The van der Waals surface area contributed by atoms with Gasteiger partial charge in [-0.1, -0.05) is 6.07 Å². The SMILES string of the molecule is CCOc1ccc(-n2cccc2C2C(c3ccccn3)NC(=S)N2C)cc1. The second-order valence-corrected chi connectivity index (χ2v) is 6.85. The number of rotatable bonds is 5. The van der Waals surface area contributed by atoms with Crippen molar-refractivity contribution >= 4 is 17.3 Å². The molecule has 2 atom stereocenters. The normalized spacial score (nSPS) is 19.2. The van der Waals surface area contributed by atoms with Crippen LogP contribution in [0.3, 0.4) is 0 Å². The van der Waals surface area contributed by atoms with E-state index in [1.165, 1.54) is 0 Å². The largest absolute Gasteiger partial charge is 0.494 e. The van der Waals surface area contributed by atoms with E-state index < -0.39 is 0 Å². The van der Waals surface area contributed by atoms with Gasteiger partial charge in [0, 0.05) is 30.8 Å². The Kier molecular flexibility index (Phi) is 4.81. The van der Waals surface area contributed by atoms with E-state index in [2.05, 4.69) is 50.2 Å². The minimum atomic E-state index is 0.0000444. The fourth-order valence-electron chi connectivity index (χ4n) is 3.57. The number of pyridine rings is 1. The number of benzene rings is 1. The van der Waals surface area contributed by atoms with Gasteiger partial charge in [0.1, 0.15) is 5.75 Å². The van der Waals surface area contributed by atoms with Crippen molar-refractivity contribution in [2.45, 2.75) is 19.0 Å². The molecule has 3 heterocycles. The predicted octanol–water partition coefficient (Wildman–Crippen LogP) is 3.87. The van der Waals surface area contributed by atoms with Crippen molar-refractivity contribution in [3.05, 3.63) is 78.4 Å². The average Bonchev–Trinajstić information content (AvgIpc) is 3.28. The van der Waals surface area contributed by atoms with Crippen LogP contribution in [0.15, 0.2) is 67.0 Å². The summed E-state index contributed by atoms with van der Waals surface area (Å²) in [5.74, 6) is 0.877. The molecule has 1 aliphatic rings. The van der Waals surface area contributed by atoms with Gasteiger partial charge in [0.15, 0.2) is 5.11 Å². The lowest BCUT2D eigenvalue weighted by Gasteiger charge is -2.25. The maximum atomic E-state index is 5.56. The van der Waals surface area contributed by atoms with Gasteiger partial charge in [-0.25, -0.2) is 0 Å². The van der Waals surface area contributed by atoms with Crippen molar-refractivity contribution in [2.75, 3.05) is 13.7 Å². The molecule has 6 heteroatoms. The molecule has 0 saturated carbocycles. The molecule has 1 saturated heterocycles. The van der Waals surface area contributed by atoms with Gasteiger partial charge in [-0.3, -0.25) is 4.98 Å². The molecule has 4 rings (SSSR count). The summed E-state index contributed by atoms with van der Waals surface area (Å²) in [6.07, 6.45) is 3.90.